The van der Waals surface area contributed by atoms with Gasteiger partial charge in [-0.25, -0.2) is 0 Å². The van der Waals surface area contributed by atoms with Gasteiger partial charge in [0.2, 0.25) is 0 Å². The van der Waals surface area contributed by atoms with Crippen LogP contribution in [0.25, 0.3) is 43.9 Å². The topological polar surface area (TPSA) is 65.7 Å². The quantitative estimate of drug-likeness (QED) is 0.235. The molecule has 0 aliphatic rings. The number of aromatic nitrogens is 5. The first kappa shape index (κ1) is 22.0. The van der Waals surface area contributed by atoms with Crippen molar-refractivity contribution < 1.29 is 20.1 Å². The molecule has 0 atom stereocenters. The SMILES string of the molecule is Cc1nc2c(ccc3ccc[c-]c32)s1.[Ir].c1ccc(-c2n[n-]c(-c3ccccn3)n2)cc1. The van der Waals surface area contributed by atoms with Gasteiger partial charge in [-0.05, 0) is 30.4 Å². The van der Waals surface area contributed by atoms with Crippen molar-refractivity contribution in [3.05, 3.63) is 96.1 Å². The number of hydrogen-bond acceptors (Lipinski definition) is 5. The number of nitrogens with zero attached hydrogens (tertiary/aromatic N) is 5. The Morgan fingerprint density at radius 1 is 0.875 bits per heavy atom. The molecule has 0 unspecified atom stereocenters. The third-order valence-corrected chi connectivity index (χ3v) is 5.61. The smallest absolute Gasteiger partial charge is 0.0787 e. The molecule has 0 fully saturated rings. The minimum Gasteiger partial charge on any atom is -0.417 e. The summed E-state index contributed by atoms with van der Waals surface area (Å²) in [6.07, 6.45) is 1.72. The van der Waals surface area contributed by atoms with E-state index in [0.29, 0.717) is 11.6 Å². The van der Waals surface area contributed by atoms with Gasteiger partial charge in [-0.1, -0.05) is 48.5 Å². The molecule has 0 saturated heterocycles. The Hall–Kier alpha value is -3.25. The third-order valence-electron chi connectivity index (χ3n) is 4.68. The summed E-state index contributed by atoms with van der Waals surface area (Å²) in [7, 11) is 0. The second-order valence-corrected chi connectivity index (χ2v) is 8.05. The number of pyridine rings is 1. The largest absolute Gasteiger partial charge is 0.417 e. The van der Waals surface area contributed by atoms with Crippen LogP contribution in [0.3, 0.4) is 0 Å². The molecule has 3 aromatic heterocycles. The van der Waals surface area contributed by atoms with Crippen molar-refractivity contribution in [1.29, 1.82) is 0 Å². The zero-order chi connectivity index (χ0) is 21.0. The molecule has 32 heavy (non-hydrogen) atoms. The molecule has 5 nitrogen and oxygen atoms in total. The van der Waals surface area contributed by atoms with Gasteiger partial charge in [0.05, 0.1) is 16.5 Å². The Balaban J connectivity index is 0.000000151. The van der Waals surface area contributed by atoms with E-state index in [9.17, 15) is 0 Å². The van der Waals surface area contributed by atoms with Crippen molar-refractivity contribution in [2.24, 2.45) is 0 Å². The summed E-state index contributed by atoms with van der Waals surface area (Å²) in [5, 5.41) is 11.6. The maximum Gasteiger partial charge on any atom is 0.0787 e. The van der Waals surface area contributed by atoms with E-state index in [2.05, 4.69) is 49.4 Å². The van der Waals surface area contributed by atoms with Crippen LogP contribution in [0.1, 0.15) is 5.01 Å². The fourth-order valence-electron chi connectivity index (χ4n) is 3.25. The Labute approximate surface area is 203 Å². The zero-order valence-electron chi connectivity index (χ0n) is 17.1. The normalized spacial score (nSPS) is 10.4. The molecule has 0 amide bonds. The van der Waals surface area contributed by atoms with Crippen molar-refractivity contribution in [2.75, 3.05) is 0 Å². The van der Waals surface area contributed by atoms with Crippen molar-refractivity contribution in [3.8, 4) is 22.9 Å². The number of rotatable bonds is 2. The summed E-state index contributed by atoms with van der Waals surface area (Å²) < 4.78 is 1.25. The fourth-order valence-corrected chi connectivity index (χ4v) is 4.08. The molecule has 3 aromatic carbocycles. The van der Waals surface area contributed by atoms with Gasteiger partial charge >= 0.3 is 0 Å². The molecule has 6 rings (SSSR count). The molecule has 0 spiro atoms. The molecular weight excluding hydrogens is 595 g/mol. The van der Waals surface area contributed by atoms with Gasteiger partial charge < -0.3 is 10.1 Å². The van der Waals surface area contributed by atoms with Crippen molar-refractivity contribution >= 4 is 32.3 Å². The van der Waals surface area contributed by atoms with Crippen LogP contribution in [0.5, 0.6) is 0 Å². The van der Waals surface area contributed by atoms with Crippen molar-refractivity contribution in [2.45, 2.75) is 6.92 Å². The van der Waals surface area contributed by atoms with Crippen LogP contribution in [-0.4, -0.2) is 20.1 Å². The number of thiazole rings is 1. The summed E-state index contributed by atoms with van der Waals surface area (Å²) in [4.78, 5) is 13.1. The second kappa shape index (κ2) is 9.92. The first-order valence-corrected chi connectivity index (χ1v) is 10.6. The van der Waals surface area contributed by atoms with E-state index in [1.54, 1.807) is 17.5 Å². The molecule has 0 aliphatic heterocycles. The first-order valence-electron chi connectivity index (χ1n) is 9.79. The Bertz CT molecular complexity index is 1390. The zero-order valence-corrected chi connectivity index (χ0v) is 20.3. The minimum absolute atomic E-state index is 0. The minimum atomic E-state index is 0. The van der Waals surface area contributed by atoms with Gasteiger partial charge in [-0.15, -0.1) is 46.4 Å². The van der Waals surface area contributed by atoms with Crippen molar-refractivity contribution in [3.63, 3.8) is 0 Å². The van der Waals surface area contributed by atoms with E-state index in [-0.39, 0.29) is 20.1 Å². The first-order chi connectivity index (χ1) is 15.3. The summed E-state index contributed by atoms with van der Waals surface area (Å²) in [6, 6.07) is 29.0. The Morgan fingerprint density at radius 3 is 2.53 bits per heavy atom. The van der Waals surface area contributed by atoms with E-state index in [1.165, 1.54) is 10.1 Å². The summed E-state index contributed by atoms with van der Waals surface area (Å²) in [5.41, 5.74) is 2.79. The summed E-state index contributed by atoms with van der Waals surface area (Å²) >= 11 is 1.74. The van der Waals surface area contributed by atoms with Crippen LogP contribution >= 0.6 is 11.3 Å². The average molecular weight is 612 g/mol. The molecule has 7 heteroatoms. The van der Waals surface area contributed by atoms with Crippen LogP contribution in [0.2, 0.25) is 0 Å². The average Bonchev–Trinajstić information content (AvgIpc) is 3.47. The van der Waals surface area contributed by atoms with Crippen LogP contribution in [0.4, 0.5) is 0 Å². The van der Waals surface area contributed by atoms with Crippen LogP contribution in [-0.2, 0) is 20.1 Å². The molecule has 0 N–H and O–H groups in total. The Kier molecular flexibility index (Phi) is 6.80. The fraction of sp³-hybridized carbons (Fsp3) is 0.0400. The van der Waals surface area contributed by atoms with Gasteiger partial charge in [-0.3, -0.25) is 15.1 Å². The summed E-state index contributed by atoms with van der Waals surface area (Å²) in [6.45, 7) is 2.04. The maximum atomic E-state index is 4.53. The maximum absolute atomic E-state index is 4.53. The van der Waals surface area contributed by atoms with Crippen molar-refractivity contribution in [1.82, 2.24) is 25.1 Å². The standard InChI is InChI=1S/C13H9N4.C12H8NS.Ir/c1-2-6-10(7-3-1)12-15-13(17-16-12)11-8-4-5-9-14-11;1-8-13-12-10-5-3-2-4-9(10)6-7-11(12)14-8;/h1-9H;2-4,6-7H,1H3;/q2*-1;. The molecule has 1 radical (unpaired) electrons. The van der Waals surface area contributed by atoms with E-state index in [4.69, 9.17) is 0 Å². The van der Waals surface area contributed by atoms with Gasteiger partial charge in [0, 0.05) is 36.5 Å². The van der Waals surface area contributed by atoms with Crippen LogP contribution < -0.4 is 5.10 Å². The van der Waals surface area contributed by atoms with E-state index < -0.39 is 0 Å². The predicted octanol–water partition coefficient (Wildman–Crippen LogP) is 5.72. The Morgan fingerprint density at radius 2 is 1.72 bits per heavy atom. The molecule has 0 aliphatic carbocycles. The summed E-state index contributed by atoms with van der Waals surface area (Å²) in [5.74, 6) is 1.19. The number of fused-ring (bicyclic) bond motifs is 3. The second-order valence-electron chi connectivity index (χ2n) is 6.82. The molecule has 6 aromatic rings. The molecule has 0 saturated carbocycles. The molecule has 159 valence electrons. The number of benzene rings is 3. The van der Waals surface area contributed by atoms with Gasteiger partial charge in [0.1, 0.15) is 0 Å². The van der Waals surface area contributed by atoms with E-state index in [0.717, 1.165) is 27.2 Å². The van der Waals surface area contributed by atoms with Crippen LogP contribution in [0.15, 0.2) is 85.1 Å². The van der Waals surface area contributed by atoms with E-state index in [1.807, 2.05) is 67.6 Å². The molecule has 3 heterocycles. The predicted molar refractivity (Wildman–Crippen MR) is 125 cm³/mol. The third kappa shape index (κ3) is 4.65. The number of aryl methyl sites for hydroxylation is 1. The van der Waals surface area contributed by atoms with Crippen LogP contribution in [0, 0.1) is 13.0 Å². The molecule has 0 bridgehead atoms. The van der Waals surface area contributed by atoms with Gasteiger partial charge in [0.25, 0.3) is 0 Å². The van der Waals surface area contributed by atoms with Gasteiger partial charge in [0.15, 0.2) is 0 Å². The molecular formula is C25H17IrN5S-2. The van der Waals surface area contributed by atoms with E-state index >= 15 is 0 Å². The number of hydrogen-bond donors (Lipinski definition) is 0. The monoisotopic (exact) mass is 612 g/mol. The van der Waals surface area contributed by atoms with Gasteiger partial charge in [-0.2, -0.15) is 0 Å².